The second-order valence-electron chi connectivity index (χ2n) is 1.43. The topological polar surface area (TPSA) is 35.8 Å². The summed E-state index contributed by atoms with van der Waals surface area (Å²) in [7, 11) is 0. The van der Waals surface area contributed by atoms with E-state index < -0.39 is 0 Å². The van der Waals surface area contributed by atoms with Crippen molar-refractivity contribution in [2.75, 3.05) is 5.32 Å². The first-order chi connectivity index (χ1) is 4.29. The zero-order valence-electron chi connectivity index (χ0n) is 4.55. The lowest BCUT2D eigenvalue weighted by atomic mass is 10.6. The molecule has 9 heavy (non-hydrogen) atoms. The maximum Gasteiger partial charge on any atom is 0.190 e. The number of rotatable bonds is 1. The molecule has 0 atom stereocenters. The van der Waals surface area contributed by atoms with E-state index in [-0.39, 0.29) is 5.11 Å². The molecule has 0 bridgehead atoms. The lowest BCUT2D eigenvalue weighted by molar-refractivity contribution is 1.64. The Morgan fingerprint density at radius 1 is 1.78 bits per heavy atom. The molecule has 2 nitrogen and oxygen atoms in total. The van der Waals surface area contributed by atoms with E-state index in [0.29, 0.717) is 0 Å². The molecular formula is C5H5N2S2. The molecule has 1 aromatic heterocycles. The van der Waals surface area contributed by atoms with Crippen LogP contribution in [-0.2, 0) is 0 Å². The van der Waals surface area contributed by atoms with E-state index in [1.165, 1.54) is 11.3 Å². The van der Waals surface area contributed by atoms with Gasteiger partial charge in [-0.2, -0.15) is 0 Å². The number of nitrogens with one attached hydrogen (secondary N) is 2. The molecule has 0 unspecified atom stereocenters. The van der Waals surface area contributed by atoms with Crippen LogP contribution in [0.25, 0.3) is 0 Å². The first-order valence-corrected chi connectivity index (χ1v) is 3.64. The number of thiocarbonyl (C=S) groups is 1. The average Bonchev–Trinajstić information content (AvgIpc) is 2.15. The van der Waals surface area contributed by atoms with Gasteiger partial charge in [0.2, 0.25) is 0 Å². The van der Waals surface area contributed by atoms with Crippen LogP contribution in [0.1, 0.15) is 0 Å². The van der Waals surface area contributed by atoms with Crippen molar-refractivity contribution in [3.63, 3.8) is 0 Å². The van der Waals surface area contributed by atoms with Crippen LogP contribution in [0.3, 0.4) is 0 Å². The molecule has 0 aliphatic rings. The van der Waals surface area contributed by atoms with Gasteiger partial charge in [0.15, 0.2) is 5.11 Å². The average molecular weight is 157 g/mol. The molecule has 0 fully saturated rings. The van der Waals surface area contributed by atoms with Gasteiger partial charge >= 0.3 is 0 Å². The van der Waals surface area contributed by atoms with Gasteiger partial charge in [0, 0.05) is 0 Å². The highest BCUT2D eigenvalue weighted by molar-refractivity contribution is 7.80. The summed E-state index contributed by atoms with van der Waals surface area (Å²) in [4.78, 5) is 0. The van der Waals surface area contributed by atoms with Crippen LogP contribution in [0, 0.1) is 0 Å². The zero-order chi connectivity index (χ0) is 6.69. The number of hydrogen-bond acceptors (Lipinski definition) is 2. The van der Waals surface area contributed by atoms with Crippen LogP contribution in [0.15, 0.2) is 17.5 Å². The van der Waals surface area contributed by atoms with E-state index >= 15 is 0 Å². The van der Waals surface area contributed by atoms with Crippen molar-refractivity contribution in [1.29, 1.82) is 0 Å². The molecule has 1 radical (unpaired) electrons. The van der Waals surface area contributed by atoms with Gasteiger partial charge in [-0.3, -0.25) is 5.73 Å². The van der Waals surface area contributed by atoms with Crippen LogP contribution >= 0.6 is 23.6 Å². The van der Waals surface area contributed by atoms with Crippen LogP contribution in [0.5, 0.6) is 0 Å². The third-order valence-corrected chi connectivity index (χ3v) is 1.65. The fourth-order valence-corrected chi connectivity index (χ4v) is 1.26. The van der Waals surface area contributed by atoms with Crippen molar-refractivity contribution < 1.29 is 0 Å². The third-order valence-electron chi connectivity index (χ3n) is 0.758. The van der Waals surface area contributed by atoms with Crippen molar-refractivity contribution in [3.05, 3.63) is 17.5 Å². The highest BCUT2D eigenvalue weighted by Gasteiger charge is 1.90. The smallest absolute Gasteiger partial charge is 0.190 e. The molecule has 0 spiro atoms. The Morgan fingerprint density at radius 3 is 3.00 bits per heavy atom. The predicted octanol–water partition coefficient (Wildman–Crippen LogP) is 1.73. The lowest BCUT2D eigenvalue weighted by Crippen LogP contribution is -2.07. The van der Waals surface area contributed by atoms with Crippen LogP contribution < -0.4 is 11.1 Å². The van der Waals surface area contributed by atoms with Crippen LogP contribution in [0.2, 0.25) is 0 Å². The highest BCUT2D eigenvalue weighted by atomic mass is 32.1. The van der Waals surface area contributed by atoms with Gasteiger partial charge in [0.05, 0.1) is 5.00 Å². The first kappa shape index (κ1) is 6.51. The summed E-state index contributed by atoms with van der Waals surface area (Å²) in [6.45, 7) is 0. The number of anilines is 1. The molecule has 0 saturated carbocycles. The van der Waals surface area contributed by atoms with Gasteiger partial charge in [-0.25, -0.2) is 0 Å². The third kappa shape index (κ3) is 1.99. The Bertz CT molecular complexity index is 193. The highest BCUT2D eigenvalue weighted by Crippen LogP contribution is 2.13. The maximum absolute atomic E-state index is 6.88. The van der Waals surface area contributed by atoms with Gasteiger partial charge in [-0.1, -0.05) is 0 Å². The van der Waals surface area contributed by atoms with E-state index in [4.69, 9.17) is 5.73 Å². The van der Waals surface area contributed by atoms with Gasteiger partial charge in [0.1, 0.15) is 0 Å². The molecule has 0 saturated heterocycles. The Morgan fingerprint density at radius 2 is 2.56 bits per heavy atom. The first-order valence-electron chi connectivity index (χ1n) is 2.35. The summed E-state index contributed by atoms with van der Waals surface area (Å²) in [6.07, 6.45) is 0. The maximum atomic E-state index is 6.88. The Labute approximate surface area is 62.7 Å². The molecule has 0 aliphatic carbocycles. The summed E-state index contributed by atoms with van der Waals surface area (Å²) < 4.78 is 0. The van der Waals surface area contributed by atoms with Gasteiger partial charge in [0.25, 0.3) is 0 Å². The van der Waals surface area contributed by atoms with Gasteiger partial charge < -0.3 is 5.32 Å². The molecule has 2 N–H and O–H groups in total. The molecule has 47 valence electrons. The van der Waals surface area contributed by atoms with Crippen molar-refractivity contribution in [2.45, 2.75) is 0 Å². The molecule has 1 rings (SSSR count). The summed E-state index contributed by atoms with van der Waals surface area (Å²) in [5.74, 6) is 0. The summed E-state index contributed by atoms with van der Waals surface area (Å²) in [5, 5.41) is 5.63. The van der Waals surface area contributed by atoms with E-state index in [9.17, 15) is 0 Å². The van der Waals surface area contributed by atoms with Crippen LogP contribution in [0.4, 0.5) is 5.00 Å². The largest absolute Gasteiger partial charge is 0.323 e. The van der Waals surface area contributed by atoms with Crippen molar-refractivity contribution in [2.24, 2.45) is 0 Å². The summed E-state index contributed by atoms with van der Waals surface area (Å²) >= 11 is 6.04. The Balaban J connectivity index is 2.58. The molecule has 1 aromatic rings. The van der Waals surface area contributed by atoms with E-state index in [2.05, 4.69) is 17.5 Å². The summed E-state index contributed by atoms with van der Waals surface area (Å²) in [5.41, 5.74) is 6.88. The molecule has 0 amide bonds. The standard InChI is InChI=1S/C5H5N2S2/c6-5(8)7-4-2-1-3-9-4/h1-3,6H,(H,7,8). The normalized spacial score (nSPS) is 8.89. The molecule has 1 heterocycles. The lowest BCUT2D eigenvalue weighted by Gasteiger charge is -1.94. The second-order valence-corrected chi connectivity index (χ2v) is 2.79. The predicted molar refractivity (Wildman–Crippen MR) is 43.6 cm³/mol. The van der Waals surface area contributed by atoms with Crippen molar-refractivity contribution in [1.82, 2.24) is 5.73 Å². The number of thiophene rings is 1. The fourth-order valence-electron chi connectivity index (χ4n) is 0.462. The van der Waals surface area contributed by atoms with Crippen molar-refractivity contribution >= 4 is 33.7 Å². The zero-order valence-corrected chi connectivity index (χ0v) is 6.18. The molecular weight excluding hydrogens is 152 g/mol. The minimum absolute atomic E-state index is 0.0671. The molecule has 4 heteroatoms. The number of hydrogen-bond donors (Lipinski definition) is 1. The summed E-state index contributed by atoms with van der Waals surface area (Å²) in [6, 6.07) is 3.79. The van der Waals surface area contributed by atoms with E-state index in [1.54, 1.807) is 0 Å². The van der Waals surface area contributed by atoms with Gasteiger partial charge in [-0.05, 0) is 29.7 Å². The molecule has 0 aromatic carbocycles. The Kier molecular flexibility index (Phi) is 2.02. The second kappa shape index (κ2) is 2.80. The van der Waals surface area contributed by atoms with Gasteiger partial charge in [-0.15, -0.1) is 11.3 Å². The monoisotopic (exact) mass is 157 g/mol. The Hall–Kier alpha value is -0.610. The minimum atomic E-state index is 0.0671. The fraction of sp³-hybridized carbons (Fsp3) is 0. The van der Waals surface area contributed by atoms with E-state index in [1.807, 2.05) is 17.5 Å². The SMILES string of the molecule is [NH]C(=S)Nc1cccs1. The molecule has 0 aliphatic heterocycles. The van der Waals surface area contributed by atoms with Crippen LogP contribution in [-0.4, -0.2) is 5.11 Å². The quantitative estimate of drug-likeness (QED) is 0.630. The minimum Gasteiger partial charge on any atom is -0.323 e. The van der Waals surface area contributed by atoms with Crippen molar-refractivity contribution in [3.8, 4) is 0 Å². The van der Waals surface area contributed by atoms with E-state index in [0.717, 1.165) is 5.00 Å².